The maximum absolute atomic E-state index is 13.7. The number of pyridine rings is 1. The fourth-order valence-electron chi connectivity index (χ4n) is 4.16. The van der Waals surface area contributed by atoms with Crippen LogP contribution in [0.3, 0.4) is 0 Å². The van der Waals surface area contributed by atoms with E-state index in [2.05, 4.69) is 55.8 Å². The molecule has 1 saturated heterocycles. The Labute approximate surface area is 181 Å². The molecule has 1 aliphatic heterocycles. The van der Waals surface area contributed by atoms with Crippen molar-refractivity contribution in [2.24, 2.45) is 0 Å². The van der Waals surface area contributed by atoms with Crippen LogP contribution in [0.1, 0.15) is 17.5 Å². The van der Waals surface area contributed by atoms with Gasteiger partial charge in [-0.2, -0.15) is 0 Å². The molecule has 0 saturated carbocycles. The van der Waals surface area contributed by atoms with Gasteiger partial charge < -0.3 is 15.5 Å². The molecule has 0 amide bonds. The van der Waals surface area contributed by atoms with E-state index in [0.29, 0.717) is 11.4 Å². The van der Waals surface area contributed by atoms with Gasteiger partial charge in [-0.15, -0.1) is 0 Å². The Hall–Kier alpha value is -3.32. The highest BCUT2D eigenvalue weighted by molar-refractivity contribution is 5.73. The van der Waals surface area contributed by atoms with Crippen LogP contribution in [0.25, 0.3) is 17.0 Å². The Morgan fingerprint density at radius 2 is 1.94 bits per heavy atom. The van der Waals surface area contributed by atoms with Crippen molar-refractivity contribution in [3.05, 3.63) is 71.8 Å². The van der Waals surface area contributed by atoms with Gasteiger partial charge in [0.1, 0.15) is 17.5 Å². The van der Waals surface area contributed by atoms with Crippen molar-refractivity contribution in [1.82, 2.24) is 20.3 Å². The second-order valence-electron chi connectivity index (χ2n) is 7.83. The van der Waals surface area contributed by atoms with Gasteiger partial charge in [-0.25, -0.2) is 14.4 Å². The predicted molar refractivity (Wildman–Crippen MR) is 122 cm³/mol. The van der Waals surface area contributed by atoms with Gasteiger partial charge in [0.2, 0.25) is 0 Å². The summed E-state index contributed by atoms with van der Waals surface area (Å²) in [6.07, 6.45) is 7.02. The number of hydrogen-bond acceptors (Lipinski definition) is 6. The number of piperazine rings is 1. The summed E-state index contributed by atoms with van der Waals surface area (Å²) in [6, 6.07) is 12.0. The van der Waals surface area contributed by atoms with Crippen molar-refractivity contribution in [2.45, 2.75) is 12.8 Å². The molecular formula is C24H25FN6. The van der Waals surface area contributed by atoms with E-state index in [1.54, 1.807) is 6.20 Å². The van der Waals surface area contributed by atoms with E-state index in [1.165, 1.54) is 29.0 Å². The van der Waals surface area contributed by atoms with E-state index in [0.717, 1.165) is 57.2 Å². The number of benzene rings is 1. The van der Waals surface area contributed by atoms with Gasteiger partial charge in [0.05, 0.1) is 6.20 Å². The maximum atomic E-state index is 13.7. The molecule has 0 radical (unpaired) electrons. The van der Waals surface area contributed by atoms with Crippen LogP contribution in [0.2, 0.25) is 0 Å². The summed E-state index contributed by atoms with van der Waals surface area (Å²) in [5, 5.41) is 6.82. The molecule has 5 rings (SSSR count). The molecule has 0 atom stereocenters. The number of nitrogens with one attached hydrogen (secondary N) is 2. The number of halogens is 1. The molecule has 0 unspecified atom stereocenters. The van der Waals surface area contributed by atoms with Gasteiger partial charge in [-0.3, -0.25) is 4.98 Å². The highest BCUT2D eigenvalue weighted by Crippen LogP contribution is 2.29. The monoisotopic (exact) mass is 416 g/mol. The number of nitrogens with zero attached hydrogens (tertiary/aromatic N) is 4. The number of anilines is 2. The average molecular weight is 417 g/mol. The molecule has 2 N–H and O–H groups in total. The molecule has 7 heteroatoms. The molecule has 1 aromatic carbocycles. The van der Waals surface area contributed by atoms with E-state index >= 15 is 0 Å². The lowest BCUT2D eigenvalue weighted by atomic mass is 10.0. The van der Waals surface area contributed by atoms with Crippen LogP contribution in [0.5, 0.6) is 0 Å². The summed E-state index contributed by atoms with van der Waals surface area (Å²) in [5.74, 6) is 1.68. The Morgan fingerprint density at radius 3 is 2.81 bits per heavy atom. The summed E-state index contributed by atoms with van der Waals surface area (Å²) < 4.78 is 13.7. The van der Waals surface area contributed by atoms with Gasteiger partial charge in [-0.1, -0.05) is 30.3 Å². The van der Waals surface area contributed by atoms with E-state index in [9.17, 15) is 4.39 Å². The van der Waals surface area contributed by atoms with Crippen molar-refractivity contribution in [2.75, 3.05) is 42.9 Å². The third-order valence-electron chi connectivity index (χ3n) is 5.75. The Morgan fingerprint density at radius 1 is 1.06 bits per heavy atom. The SMILES string of the molecule is Fc1cncc(-c2nc(NCCC3=CCc4ccccc43)cc(N3CCNCC3)n2)c1. The lowest BCUT2D eigenvalue weighted by molar-refractivity contribution is 0.585. The standard InChI is InChI=1S/C24H25FN6/c25-20-13-19(15-27-16-20)24-29-22(14-23(30-24)31-11-9-26-10-12-31)28-8-7-18-6-5-17-3-1-2-4-21(17)18/h1-4,6,13-16,26H,5,7-12H2,(H,28,29,30). The molecule has 31 heavy (non-hydrogen) atoms. The largest absolute Gasteiger partial charge is 0.370 e. The summed E-state index contributed by atoms with van der Waals surface area (Å²) in [7, 11) is 0. The first kappa shape index (κ1) is 19.6. The molecule has 1 fully saturated rings. The fraction of sp³-hybridized carbons (Fsp3) is 0.292. The van der Waals surface area contributed by atoms with Crippen molar-refractivity contribution in [1.29, 1.82) is 0 Å². The normalized spacial score (nSPS) is 15.5. The molecule has 158 valence electrons. The first-order valence-corrected chi connectivity index (χ1v) is 10.7. The quantitative estimate of drug-likeness (QED) is 0.641. The van der Waals surface area contributed by atoms with Crippen LogP contribution in [0.15, 0.2) is 54.9 Å². The average Bonchev–Trinajstić information content (AvgIpc) is 3.23. The van der Waals surface area contributed by atoms with E-state index in [4.69, 9.17) is 4.98 Å². The van der Waals surface area contributed by atoms with Crippen LogP contribution in [0.4, 0.5) is 16.0 Å². The van der Waals surface area contributed by atoms with Gasteiger partial charge >= 0.3 is 0 Å². The van der Waals surface area contributed by atoms with Crippen LogP contribution in [-0.2, 0) is 6.42 Å². The second kappa shape index (κ2) is 8.81. The number of aromatic nitrogens is 3. The van der Waals surface area contributed by atoms with Crippen molar-refractivity contribution in [3.8, 4) is 11.4 Å². The van der Waals surface area contributed by atoms with Gasteiger partial charge in [-0.05, 0) is 35.6 Å². The summed E-state index contributed by atoms with van der Waals surface area (Å²) in [4.78, 5) is 15.6. The lowest BCUT2D eigenvalue weighted by Gasteiger charge is -2.29. The fourth-order valence-corrected chi connectivity index (χ4v) is 4.16. The van der Waals surface area contributed by atoms with Crippen LogP contribution in [-0.4, -0.2) is 47.7 Å². The molecule has 2 aromatic heterocycles. The van der Waals surface area contributed by atoms with E-state index < -0.39 is 5.82 Å². The second-order valence-corrected chi connectivity index (χ2v) is 7.83. The summed E-state index contributed by atoms with van der Waals surface area (Å²) >= 11 is 0. The Balaban J connectivity index is 1.36. The molecule has 3 aromatic rings. The topological polar surface area (TPSA) is 66.0 Å². The zero-order valence-corrected chi connectivity index (χ0v) is 17.3. The Bertz CT molecular complexity index is 1110. The Kier molecular flexibility index (Phi) is 5.58. The molecule has 3 heterocycles. The summed E-state index contributed by atoms with van der Waals surface area (Å²) in [5.41, 5.74) is 4.68. The summed E-state index contributed by atoms with van der Waals surface area (Å²) in [6.45, 7) is 4.34. The zero-order chi connectivity index (χ0) is 21.0. The number of allylic oxidation sites excluding steroid dienone is 1. The highest BCUT2D eigenvalue weighted by Gasteiger charge is 2.17. The minimum absolute atomic E-state index is 0.393. The number of rotatable bonds is 6. The van der Waals surface area contributed by atoms with Crippen LogP contribution >= 0.6 is 0 Å². The lowest BCUT2D eigenvalue weighted by Crippen LogP contribution is -2.44. The van der Waals surface area contributed by atoms with Crippen molar-refractivity contribution in [3.63, 3.8) is 0 Å². The number of fused-ring (bicyclic) bond motifs is 1. The molecule has 6 nitrogen and oxygen atoms in total. The first-order valence-electron chi connectivity index (χ1n) is 10.7. The van der Waals surface area contributed by atoms with Crippen LogP contribution in [0, 0.1) is 5.82 Å². The molecule has 0 bridgehead atoms. The minimum Gasteiger partial charge on any atom is -0.370 e. The van der Waals surface area contributed by atoms with Crippen molar-refractivity contribution < 1.29 is 4.39 Å². The van der Waals surface area contributed by atoms with E-state index in [1.807, 2.05) is 6.07 Å². The first-order chi connectivity index (χ1) is 15.3. The van der Waals surface area contributed by atoms with Crippen molar-refractivity contribution >= 4 is 17.2 Å². The third-order valence-corrected chi connectivity index (χ3v) is 5.75. The van der Waals surface area contributed by atoms with Crippen LogP contribution < -0.4 is 15.5 Å². The highest BCUT2D eigenvalue weighted by atomic mass is 19.1. The molecular weight excluding hydrogens is 391 g/mol. The van der Waals surface area contributed by atoms with Gasteiger partial charge in [0.15, 0.2) is 5.82 Å². The zero-order valence-electron chi connectivity index (χ0n) is 17.3. The molecule has 0 spiro atoms. The molecule has 2 aliphatic rings. The van der Waals surface area contributed by atoms with Gasteiger partial charge in [0.25, 0.3) is 0 Å². The minimum atomic E-state index is -0.393. The third kappa shape index (κ3) is 4.41. The predicted octanol–water partition coefficient (Wildman–Crippen LogP) is 3.53. The molecule has 1 aliphatic carbocycles. The van der Waals surface area contributed by atoms with E-state index in [-0.39, 0.29) is 0 Å². The van der Waals surface area contributed by atoms with Gasteiger partial charge in [0, 0.05) is 50.6 Å². The number of hydrogen-bond donors (Lipinski definition) is 2. The smallest absolute Gasteiger partial charge is 0.165 e. The maximum Gasteiger partial charge on any atom is 0.165 e.